The molecule has 2 rings (SSSR count). The van der Waals surface area contributed by atoms with E-state index in [1.165, 1.54) is 96.3 Å². The van der Waals surface area contributed by atoms with Gasteiger partial charge >= 0.3 is 23.9 Å². The number of azo groups is 1. The van der Waals surface area contributed by atoms with Crippen molar-refractivity contribution in [1.82, 2.24) is 0 Å². The first-order valence-electron chi connectivity index (χ1n) is 28.5. The van der Waals surface area contributed by atoms with Gasteiger partial charge in [0.25, 0.3) is 0 Å². The lowest BCUT2D eigenvalue weighted by molar-refractivity contribution is -0.152. The number of rotatable bonds is 48. The Labute approximate surface area is 464 Å². The normalized spacial score (nSPS) is 12.3. The second-order valence-corrected chi connectivity index (χ2v) is 20.5. The number of carbonyl (C=O) groups is 4. The van der Waals surface area contributed by atoms with E-state index in [9.17, 15) is 39.9 Å². The molecule has 77 heavy (non-hydrogen) atoms. The zero-order valence-corrected chi connectivity index (χ0v) is 47.8. The van der Waals surface area contributed by atoms with E-state index in [1.807, 2.05) is 49.4 Å². The van der Waals surface area contributed by atoms with Crippen molar-refractivity contribution in [3.05, 3.63) is 64.1 Å². The van der Waals surface area contributed by atoms with E-state index in [0.717, 1.165) is 54.7 Å². The van der Waals surface area contributed by atoms with E-state index < -0.39 is 35.7 Å². The molecule has 0 bridgehead atoms. The van der Waals surface area contributed by atoms with Crippen LogP contribution >= 0.6 is 11.3 Å². The summed E-state index contributed by atoms with van der Waals surface area (Å²) in [5, 5.41) is 47.5. The third-order valence-electron chi connectivity index (χ3n) is 13.1. The third-order valence-corrected chi connectivity index (χ3v) is 14.2. The fraction of sp³-hybridized carbons (Fsp3) is 0.667. The van der Waals surface area contributed by atoms with E-state index in [2.05, 4.69) is 41.1 Å². The Bertz CT molecular complexity index is 2150. The summed E-state index contributed by atoms with van der Waals surface area (Å²) >= 11 is 1.12. The van der Waals surface area contributed by atoms with Gasteiger partial charge in [-0.05, 0) is 81.7 Å². The fourth-order valence-corrected chi connectivity index (χ4v) is 9.27. The molecular weight excluding hydrogens is 999 g/mol. The summed E-state index contributed by atoms with van der Waals surface area (Å²) < 4.78 is 27.9. The highest BCUT2D eigenvalue weighted by Crippen LogP contribution is 2.36. The SMILES string of the molecule is CCCCCCCCCCC/C=C/CC(CC(=O)OCCOCCOCCN(CCOCCOC(=O)CC(C/C=C/CCCCCCCCCCC)C(=O)O)c1ccc(/N=N/c2sc(C#N)c(C)c2C#N)c(C)c1)C(=O)O. The highest BCUT2D eigenvalue weighted by Gasteiger charge is 2.22. The summed E-state index contributed by atoms with van der Waals surface area (Å²) in [6.45, 7) is 10.3. The van der Waals surface area contributed by atoms with Gasteiger partial charge in [-0.15, -0.1) is 21.6 Å². The average molecular weight is 1090 g/mol. The number of carboxylic acids is 2. The molecule has 2 atom stereocenters. The van der Waals surface area contributed by atoms with Crippen molar-refractivity contribution in [2.24, 2.45) is 22.1 Å². The molecule has 1 aromatic carbocycles. The van der Waals surface area contributed by atoms with E-state index in [0.29, 0.717) is 46.4 Å². The molecule has 1 aromatic heterocycles. The van der Waals surface area contributed by atoms with Crippen molar-refractivity contribution >= 4 is 51.6 Å². The molecule has 0 fully saturated rings. The fourth-order valence-electron chi connectivity index (χ4n) is 8.39. The van der Waals surface area contributed by atoms with Crippen LogP contribution in [0.2, 0.25) is 0 Å². The number of hydrogen-bond acceptors (Lipinski definition) is 15. The number of thiophene rings is 1. The topological polar surface area (TPSA) is 230 Å². The summed E-state index contributed by atoms with van der Waals surface area (Å²) in [7, 11) is 0. The molecule has 2 N–H and O–H groups in total. The Hall–Kier alpha value is -5.46. The minimum Gasteiger partial charge on any atom is -0.481 e. The van der Waals surface area contributed by atoms with Crippen molar-refractivity contribution < 1.29 is 53.1 Å². The predicted molar refractivity (Wildman–Crippen MR) is 303 cm³/mol. The van der Waals surface area contributed by atoms with Crippen LogP contribution in [0.4, 0.5) is 16.4 Å². The molecule has 0 aliphatic carbocycles. The van der Waals surface area contributed by atoms with Crippen LogP contribution < -0.4 is 4.90 Å². The van der Waals surface area contributed by atoms with Gasteiger partial charge in [0.05, 0.1) is 75.6 Å². The molecule has 0 saturated heterocycles. The summed E-state index contributed by atoms with van der Waals surface area (Å²) in [5.41, 5.74) is 3.16. The van der Waals surface area contributed by atoms with E-state index >= 15 is 0 Å². The molecule has 428 valence electrons. The molecule has 1 heterocycles. The molecule has 2 aromatic rings. The number of aliphatic carboxylic acids is 2. The Morgan fingerprint density at radius 1 is 0.597 bits per heavy atom. The highest BCUT2D eigenvalue weighted by atomic mass is 32.1. The second kappa shape index (κ2) is 44.5. The predicted octanol–water partition coefficient (Wildman–Crippen LogP) is 14.4. The van der Waals surface area contributed by atoms with Crippen LogP contribution in [-0.2, 0) is 42.9 Å². The highest BCUT2D eigenvalue weighted by molar-refractivity contribution is 7.16. The summed E-state index contributed by atoms with van der Waals surface area (Å²) in [6, 6.07) is 9.87. The quantitative estimate of drug-likeness (QED) is 0.0272. The molecular formula is C60H91N5O11S. The first-order chi connectivity index (χ1) is 37.4. The summed E-state index contributed by atoms with van der Waals surface area (Å²) in [4.78, 5) is 51.2. The maximum absolute atomic E-state index is 12.6. The largest absolute Gasteiger partial charge is 0.481 e. The Kier molecular flexibility index (Phi) is 39.1. The standard InChI is InChI=1S/C60H91N5O11S/c1-5-7-9-11-13-15-17-19-21-23-25-27-29-50(59(68)69)44-56(66)75-41-39-73-36-34-65(52-31-32-54(48(3)43-52)63-64-58-53(46-61)49(4)55(47-62)77-58)33-35-72-37-38-74-40-42-76-57(67)45-51(60(70)71)30-28-26-24-22-20-18-16-14-12-10-8-6-2/h25-28,31-32,43,50-51H,5-24,29-30,33-42,44-45H2,1-4H3,(H,68,69)(H,70,71)/b27-25+,28-26+,64-63+. The van der Waals surface area contributed by atoms with E-state index in [4.69, 9.17) is 23.7 Å². The molecule has 17 heteroatoms. The molecule has 0 aliphatic rings. The number of nitrogens with zero attached hydrogens (tertiary/aromatic N) is 5. The number of aryl methyl sites for hydroxylation is 1. The maximum Gasteiger partial charge on any atom is 0.307 e. The number of esters is 2. The van der Waals surface area contributed by atoms with Gasteiger partial charge in [-0.1, -0.05) is 141 Å². The summed E-state index contributed by atoms with van der Waals surface area (Å²) in [6.07, 6.45) is 32.1. The van der Waals surface area contributed by atoms with Crippen LogP contribution in [0.5, 0.6) is 0 Å². The monoisotopic (exact) mass is 1090 g/mol. The number of unbranched alkanes of at least 4 members (excludes halogenated alkanes) is 18. The zero-order chi connectivity index (χ0) is 56.1. The minimum absolute atomic E-state index is 0.00514. The molecule has 0 aliphatic heterocycles. The number of hydrogen-bond donors (Lipinski definition) is 2. The molecule has 0 radical (unpaired) electrons. The number of benzene rings is 1. The van der Waals surface area contributed by atoms with Gasteiger partial charge in [0.1, 0.15) is 30.2 Å². The van der Waals surface area contributed by atoms with Gasteiger partial charge in [0.2, 0.25) is 0 Å². The van der Waals surface area contributed by atoms with Crippen LogP contribution in [0.3, 0.4) is 0 Å². The second-order valence-electron chi connectivity index (χ2n) is 19.5. The van der Waals surface area contributed by atoms with Gasteiger partial charge in [-0.3, -0.25) is 19.2 Å². The van der Waals surface area contributed by atoms with Gasteiger partial charge in [0, 0.05) is 18.8 Å². The first kappa shape index (κ1) is 67.6. The number of anilines is 1. The molecule has 0 spiro atoms. The third kappa shape index (κ3) is 32.1. The lowest BCUT2D eigenvalue weighted by Gasteiger charge is -2.25. The molecule has 0 amide bonds. The molecule has 16 nitrogen and oxygen atoms in total. The first-order valence-corrected chi connectivity index (χ1v) is 29.3. The van der Waals surface area contributed by atoms with Gasteiger partial charge < -0.3 is 38.8 Å². The van der Waals surface area contributed by atoms with Crippen LogP contribution in [0.15, 0.2) is 52.7 Å². The van der Waals surface area contributed by atoms with Crippen molar-refractivity contribution in [3.63, 3.8) is 0 Å². The van der Waals surface area contributed by atoms with Crippen molar-refractivity contribution in [2.45, 2.75) is 182 Å². The average Bonchev–Trinajstić information content (AvgIpc) is 3.74. The molecule has 2 unspecified atom stereocenters. The number of carbonyl (C=O) groups excluding carboxylic acids is 2. The number of nitriles is 2. The number of carboxylic acid groups (broad SMARTS) is 2. The van der Waals surface area contributed by atoms with E-state index in [-0.39, 0.29) is 71.9 Å². The van der Waals surface area contributed by atoms with Crippen LogP contribution in [-0.4, -0.2) is 100 Å². The minimum atomic E-state index is -1.03. The van der Waals surface area contributed by atoms with Crippen molar-refractivity contribution in [2.75, 3.05) is 70.8 Å². The smallest absolute Gasteiger partial charge is 0.307 e. The Morgan fingerprint density at radius 2 is 1.04 bits per heavy atom. The van der Waals surface area contributed by atoms with Gasteiger partial charge in [0.15, 0.2) is 5.00 Å². The van der Waals surface area contributed by atoms with Gasteiger partial charge in [-0.2, -0.15) is 10.5 Å². The number of ether oxygens (including phenoxy) is 5. The zero-order valence-electron chi connectivity index (χ0n) is 47.0. The number of allylic oxidation sites excluding steroid dienone is 4. The Morgan fingerprint density at radius 3 is 1.47 bits per heavy atom. The van der Waals surface area contributed by atoms with E-state index in [1.54, 1.807) is 6.92 Å². The van der Waals surface area contributed by atoms with Crippen LogP contribution in [0, 0.1) is 48.3 Å². The van der Waals surface area contributed by atoms with Crippen LogP contribution in [0.25, 0.3) is 0 Å². The Balaban J connectivity index is 1.81. The van der Waals surface area contributed by atoms with Crippen molar-refractivity contribution in [1.29, 1.82) is 10.5 Å². The summed E-state index contributed by atoms with van der Waals surface area (Å²) in [5.74, 6) is -4.94. The lowest BCUT2D eigenvalue weighted by Crippen LogP contribution is -2.31. The van der Waals surface area contributed by atoms with Crippen molar-refractivity contribution in [3.8, 4) is 12.1 Å². The maximum atomic E-state index is 12.6. The molecule has 0 saturated carbocycles. The van der Waals surface area contributed by atoms with Crippen LogP contribution in [0.1, 0.15) is 190 Å². The lowest BCUT2D eigenvalue weighted by atomic mass is 10.0. The van der Waals surface area contributed by atoms with Gasteiger partial charge in [-0.25, -0.2) is 0 Å².